The first-order chi connectivity index (χ1) is 22.3. The number of rotatable bonds is 8. The Morgan fingerprint density at radius 1 is 0.894 bits per heavy atom. The molecule has 3 aromatic carbocycles. The number of benzene rings is 3. The molecule has 0 saturated carbocycles. The van der Waals surface area contributed by atoms with Crippen molar-refractivity contribution in [1.82, 2.24) is 4.90 Å². The Kier molecular flexibility index (Phi) is 10.5. The summed E-state index contributed by atoms with van der Waals surface area (Å²) in [6.45, 7) is -0.0386. The van der Waals surface area contributed by atoms with Crippen LogP contribution < -0.4 is 0 Å². The molecule has 4 unspecified atom stereocenters. The molecule has 0 bridgehead atoms. The first-order valence-electron chi connectivity index (χ1n) is 15.1. The minimum Gasteiger partial charge on any atom is -0.445 e. The normalized spacial score (nSPS) is 22.3. The summed E-state index contributed by atoms with van der Waals surface area (Å²) in [5.41, 5.74) is -1.75. The van der Waals surface area contributed by atoms with E-state index in [1.807, 2.05) is 18.2 Å². The molecule has 2 fully saturated rings. The van der Waals surface area contributed by atoms with Crippen LogP contribution in [0.4, 0.5) is 35.5 Å². The molecule has 1 amide bonds. The Hall–Kier alpha value is -3.97. The van der Waals surface area contributed by atoms with E-state index >= 15 is 0 Å². The standard InChI is InChI=1S/C34H32F7NO5/c35-26-8-6-23(7-9-26)30-28(29-19-27(43)10-13-42(29)32(44)47-20-21-4-2-1-3-5-21)12-15-46-31(30)45-14-11-22-16-24(33(36,37)38)18-25(17-22)34(39,40)41/h1-9,16-18,28-31H,10-15,19-20H2. The smallest absolute Gasteiger partial charge is 0.416 e. The summed E-state index contributed by atoms with van der Waals surface area (Å²) in [7, 11) is 0. The fourth-order valence-corrected chi connectivity index (χ4v) is 6.20. The van der Waals surface area contributed by atoms with Gasteiger partial charge in [-0.25, -0.2) is 9.18 Å². The number of piperidine rings is 1. The lowest BCUT2D eigenvalue weighted by Crippen LogP contribution is -2.54. The molecule has 2 saturated heterocycles. The molecule has 2 aliphatic rings. The van der Waals surface area contributed by atoms with Gasteiger partial charge in [0.2, 0.25) is 0 Å². The van der Waals surface area contributed by atoms with Gasteiger partial charge in [0.05, 0.1) is 24.3 Å². The van der Waals surface area contributed by atoms with Gasteiger partial charge in [0.15, 0.2) is 6.29 Å². The quantitative estimate of drug-likeness (QED) is 0.228. The first kappa shape index (κ1) is 34.4. The highest BCUT2D eigenvalue weighted by molar-refractivity contribution is 5.82. The monoisotopic (exact) mass is 667 g/mol. The minimum atomic E-state index is -4.99. The van der Waals surface area contributed by atoms with Crippen LogP contribution in [0.1, 0.15) is 53.0 Å². The molecule has 0 radical (unpaired) electrons. The molecule has 2 aliphatic heterocycles. The largest absolute Gasteiger partial charge is 0.445 e. The molecule has 252 valence electrons. The van der Waals surface area contributed by atoms with Gasteiger partial charge in [0.25, 0.3) is 0 Å². The molecular weight excluding hydrogens is 635 g/mol. The van der Waals surface area contributed by atoms with E-state index in [2.05, 4.69) is 0 Å². The molecule has 0 aromatic heterocycles. The summed E-state index contributed by atoms with van der Waals surface area (Å²) in [6.07, 6.45) is -11.4. The summed E-state index contributed by atoms with van der Waals surface area (Å²) in [6, 6.07) is 15.3. The minimum absolute atomic E-state index is 0.0172. The van der Waals surface area contributed by atoms with Crippen LogP contribution in [0, 0.1) is 11.7 Å². The number of ketones is 1. The Morgan fingerprint density at radius 3 is 2.19 bits per heavy atom. The van der Waals surface area contributed by atoms with Crippen molar-refractivity contribution in [1.29, 1.82) is 0 Å². The molecule has 0 aliphatic carbocycles. The van der Waals surface area contributed by atoms with Crippen LogP contribution in [-0.4, -0.2) is 48.9 Å². The summed E-state index contributed by atoms with van der Waals surface area (Å²) >= 11 is 0. The van der Waals surface area contributed by atoms with Crippen LogP contribution in [0.2, 0.25) is 0 Å². The zero-order valence-corrected chi connectivity index (χ0v) is 25.0. The van der Waals surface area contributed by atoms with Gasteiger partial charge in [-0.3, -0.25) is 4.79 Å². The van der Waals surface area contributed by atoms with Gasteiger partial charge in [0.1, 0.15) is 18.2 Å². The second-order valence-corrected chi connectivity index (χ2v) is 11.6. The Morgan fingerprint density at radius 2 is 1.55 bits per heavy atom. The van der Waals surface area contributed by atoms with Crippen molar-refractivity contribution in [3.63, 3.8) is 0 Å². The number of carbonyl (C=O) groups is 2. The van der Waals surface area contributed by atoms with Crippen LogP contribution >= 0.6 is 0 Å². The molecule has 5 rings (SSSR count). The van der Waals surface area contributed by atoms with Crippen molar-refractivity contribution in [3.05, 3.63) is 106 Å². The average Bonchev–Trinajstić information content (AvgIpc) is 3.03. The molecule has 2 heterocycles. The SMILES string of the molecule is O=C1CCN(C(=O)OCc2ccccc2)C(C2CCOC(OCCc3cc(C(F)(F)F)cc(C(F)(F)F)c3)C2c2ccc(F)cc2)C1. The third kappa shape index (κ3) is 8.69. The van der Waals surface area contributed by atoms with Crippen LogP contribution in [-0.2, 0) is 44.4 Å². The van der Waals surface area contributed by atoms with Gasteiger partial charge in [0, 0.05) is 31.3 Å². The van der Waals surface area contributed by atoms with Gasteiger partial charge < -0.3 is 19.1 Å². The first-order valence-corrected chi connectivity index (χ1v) is 15.1. The predicted octanol–water partition coefficient (Wildman–Crippen LogP) is 7.94. The van der Waals surface area contributed by atoms with Gasteiger partial charge in [-0.05, 0) is 65.8 Å². The average molecular weight is 668 g/mol. The van der Waals surface area contributed by atoms with Crippen LogP contribution in [0.5, 0.6) is 0 Å². The number of likely N-dealkylation sites (tertiary alicyclic amines) is 1. The van der Waals surface area contributed by atoms with E-state index in [4.69, 9.17) is 14.2 Å². The molecule has 3 aromatic rings. The van der Waals surface area contributed by atoms with E-state index < -0.39 is 59.6 Å². The molecule has 0 spiro atoms. The molecule has 4 atom stereocenters. The summed E-state index contributed by atoms with van der Waals surface area (Å²) < 4.78 is 112. The van der Waals surface area contributed by atoms with Crippen molar-refractivity contribution in [2.75, 3.05) is 19.8 Å². The van der Waals surface area contributed by atoms with Crippen molar-refractivity contribution in [3.8, 4) is 0 Å². The third-order valence-electron chi connectivity index (χ3n) is 8.47. The second-order valence-electron chi connectivity index (χ2n) is 11.6. The van der Waals surface area contributed by atoms with Crippen molar-refractivity contribution in [2.45, 2.75) is 62.9 Å². The number of alkyl halides is 6. The maximum atomic E-state index is 13.9. The highest BCUT2D eigenvalue weighted by Gasteiger charge is 2.46. The topological polar surface area (TPSA) is 65.1 Å². The number of carbonyl (C=O) groups excluding carboxylic acids is 2. The highest BCUT2D eigenvalue weighted by Crippen LogP contribution is 2.43. The van der Waals surface area contributed by atoms with E-state index in [1.54, 1.807) is 12.1 Å². The summed E-state index contributed by atoms with van der Waals surface area (Å²) in [5.74, 6) is -1.69. The maximum Gasteiger partial charge on any atom is 0.416 e. The van der Waals surface area contributed by atoms with Crippen LogP contribution in [0.3, 0.4) is 0 Å². The number of amides is 1. The van der Waals surface area contributed by atoms with E-state index in [9.17, 15) is 40.3 Å². The van der Waals surface area contributed by atoms with Crippen molar-refractivity contribution < 1.29 is 54.5 Å². The highest BCUT2D eigenvalue weighted by atomic mass is 19.4. The predicted molar refractivity (Wildman–Crippen MR) is 154 cm³/mol. The van der Waals surface area contributed by atoms with E-state index in [0.29, 0.717) is 24.1 Å². The lowest BCUT2D eigenvalue weighted by atomic mass is 9.74. The number of ether oxygens (including phenoxy) is 3. The Labute approximate surface area is 266 Å². The zero-order chi connectivity index (χ0) is 33.8. The molecule has 13 heteroatoms. The fourth-order valence-electron chi connectivity index (χ4n) is 6.20. The lowest BCUT2D eigenvalue weighted by Gasteiger charge is -2.46. The maximum absolute atomic E-state index is 13.9. The van der Waals surface area contributed by atoms with Crippen LogP contribution in [0.25, 0.3) is 0 Å². The van der Waals surface area contributed by atoms with E-state index in [0.717, 1.165) is 5.56 Å². The van der Waals surface area contributed by atoms with Gasteiger partial charge in [-0.2, -0.15) is 26.3 Å². The number of halogens is 7. The fraction of sp³-hybridized carbons (Fsp3) is 0.412. The van der Waals surface area contributed by atoms with Crippen molar-refractivity contribution >= 4 is 11.9 Å². The zero-order valence-electron chi connectivity index (χ0n) is 25.0. The van der Waals surface area contributed by atoms with Gasteiger partial charge >= 0.3 is 18.4 Å². The molecule has 0 N–H and O–H groups in total. The van der Waals surface area contributed by atoms with Crippen LogP contribution in [0.15, 0.2) is 72.8 Å². The molecule has 6 nitrogen and oxygen atoms in total. The second kappa shape index (κ2) is 14.4. The van der Waals surface area contributed by atoms with Gasteiger partial charge in [-0.15, -0.1) is 0 Å². The summed E-state index contributed by atoms with van der Waals surface area (Å²) in [4.78, 5) is 27.6. The summed E-state index contributed by atoms with van der Waals surface area (Å²) in [5, 5.41) is 0. The third-order valence-corrected chi connectivity index (χ3v) is 8.47. The van der Waals surface area contributed by atoms with Gasteiger partial charge in [-0.1, -0.05) is 42.5 Å². The van der Waals surface area contributed by atoms with E-state index in [1.165, 1.54) is 29.2 Å². The number of nitrogens with zero attached hydrogens (tertiary/aromatic N) is 1. The molecular formula is C34H32F7NO5. The Bertz CT molecular complexity index is 1500. The number of hydrogen-bond donors (Lipinski definition) is 0. The van der Waals surface area contributed by atoms with E-state index in [-0.39, 0.29) is 63.0 Å². The Balaban J connectivity index is 1.38. The number of hydrogen-bond acceptors (Lipinski definition) is 5. The molecule has 47 heavy (non-hydrogen) atoms. The van der Waals surface area contributed by atoms with Crippen molar-refractivity contribution in [2.24, 2.45) is 5.92 Å². The lowest BCUT2D eigenvalue weighted by molar-refractivity contribution is -0.194. The number of Topliss-reactive ketones (excluding diaryl/α,β-unsaturated/α-hetero) is 1.